The number of aromatic amines is 2. The predicted molar refractivity (Wildman–Crippen MR) is 109 cm³/mol. The zero-order valence-corrected chi connectivity index (χ0v) is 16.2. The number of para-hydroxylation sites is 1. The molecule has 0 aliphatic carbocycles. The van der Waals surface area contributed by atoms with Crippen LogP contribution in [0.25, 0.3) is 22.1 Å². The molecule has 3 aromatic heterocycles. The minimum absolute atomic E-state index is 0.0885. The number of imidazole rings is 1. The van der Waals surface area contributed by atoms with Crippen molar-refractivity contribution in [1.29, 1.82) is 0 Å². The van der Waals surface area contributed by atoms with Gasteiger partial charge in [0.1, 0.15) is 0 Å². The molecule has 0 bridgehead atoms. The van der Waals surface area contributed by atoms with Crippen LogP contribution < -0.4 is 11.2 Å². The molecule has 1 aromatic carbocycles. The van der Waals surface area contributed by atoms with Crippen molar-refractivity contribution in [3.8, 4) is 5.88 Å². The average Bonchev–Trinajstić information content (AvgIpc) is 3.20. The van der Waals surface area contributed by atoms with Crippen LogP contribution in [-0.2, 0) is 13.6 Å². The van der Waals surface area contributed by atoms with Crippen LogP contribution >= 0.6 is 11.6 Å². The molecule has 0 fully saturated rings. The van der Waals surface area contributed by atoms with Crippen molar-refractivity contribution in [2.45, 2.75) is 13.5 Å². The minimum atomic E-state index is -0.590. The van der Waals surface area contributed by atoms with Gasteiger partial charge in [0, 0.05) is 24.0 Å². The van der Waals surface area contributed by atoms with Gasteiger partial charge in [-0.25, -0.2) is 4.79 Å². The van der Waals surface area contributed by atoms with Gasteiger partial charge in [-0.05, 0) is 13.0 Å². The van der Waals surface area contributed by atoms with Crippen LogP contribution in [0.2, 0.25) is 0 Å². The van der Waals surface area contributed by atoms with Gasteiger partial charge in [-0.1, -0.05) is 35.9 Å². The molecule has 10 nitrogen and oxygen atoms in total. The highest BCUT2D eigenvalue weighted by Gasteiger charge is 2.17. The maximum absolute atomic E-state index is 12.4. The molecule has 0 aliphatic rings. The van der Waals surface area contributed by atoms with E-state index in [0.717, 1.165) is 0 Å². The maximum atomic E-state index is 12.4. The molecule has 0 spiro atoms. The van der Waals surface area contributed by atoms with Gasteiger partial charge in [-0.2, -0.15) is 4.98 Å². The van der Waals surface area contributed by atoms with Crippen molar-refractivity contribution in [2.75, 3.05) is 0 Å². The summed E-state index contributed by atoms with van der Waals surface area (Å²) in [5.41, 5.74) is 0.0921. The topological polar surface area (TPSA) is 133 Å². The van der Waals surface area contributed by atoms with E-state index in [-0.39, 0.29) is 35.2 Å². The monoisotopic (exact) mass is 413 g/mol. The zero-order chi connectivity index (χ0) is 20.7. The van der Waals surface area contributed by atoms with Crippen molar-refractivity contribution in [1.82, 2.24) is 24.1 Å². The molecule has 148 valence electrons. The number of azo groups is 1. The molecule has 0 atom stereocenters. The van der Waals surface area contributed by atoms with Crippen LogP contribution in [-0.4, -0.2) is 29.2 Å². The van der Waals surface area contributed by atoms with Gasteiger partial charge in [0.2, 0.25) is 5.88 Å². The molecule has 11 heteroatoms. The maximum Gasteiger partial charge on any atom is 0.329 e. The fourth-order valence-electron chi connectivity index (χ4n) is 3.00. The van der Waals surface area contributed by atoms with E-state index in [0.29, 0.717) is 15.9 Å². The zero-order valence-electron chi connectivity index (χ0n) is 15.5. The first-order valence-electron chi connectivity index (χ1n) is 8.60. The summed E-state index contributed by atoms with van der Waals surface area (Å²) >= 11 is 5.93. The van der Waals surface area contributed by atoms with Crippen molar-refractivity contribution in [3.05, 3.63) is 56.2 Å². The number of nitrogens with zero attached hydrogens (tertiary/aromatic N) is 5. The quantitative estimate of drug-likeness (QED) is 0.443. The number of aryl methyl sites for hydroxylation is 1. The van der Waals surface area contributed by atoms with Gasteiger partial charge < -0.3 is 10.1 Å². The average molecular weight is 414 g/mol. The summed E-state index contributed by atoms with van der Waals surface area (Å²) in [6.45, 7) is 1.90. The molecular weight excluding hydrogens is 398 g/mol. The van der Waals surface area contributed by atoms with Crippen molar-refractivity contribution >= 4 is 45.3 Å². The van der Waals surface area contributed by atoms with Crippen LogP contribution in [0.3, 0.4) is 0 Å². The Morgan fingerprint density at radius 3 is 2.79 bits per heavy atom. The third-order valence-electron chi connectivity index (χ3n) is 4.44. The normalized spacial score (nSPS) is 12.6. The number of H-pyrrole nitrogens is 2. The summed E-state index contributed by atoms with van der Waals surface area (Å²) in [7, 11) is 1.49. The highest BCUT2D eigenvalue weighted by atomic mass is 35.5. The van der Waals surface area contributed by atoms with Crippen LogP contribution in [0.1, 0.15) is 6.92 Å². The van der Waals surface area contributed by atoms with E-state index in [4.69, 9.17) is 11.6 Å². The Morgan fingerprint density at radius 2 is 2.03 bits per heavy atom. The first-order valence-corrected chi connectivity index (χ1v) is 8.98. The molecule has 0 saturated heterocycles. The van der Waals surface area contributed by atoms with E-state index in [2.05, 4.69) is 25.2 Å². The molecule has 0 unspecified atom stereocenters. The van der Waals surface area contributed by atoms with Gasteiger partial charge in [0.25, 0.3) is 11.5 Å². The Bertz CT molecular complexity index is 1420. The number of aromatic hydroxyl groups is 1. The summed E-state index contributed by atoms with van der Waals surface area (Å²) in [5, 5.41) is 19.6. The molecular formula is C18H16ClN7O3. The summed E-state index contributed by atoms with van der Waals surface area (Å²) in [4.78, 5) is 33.7. The van der Waals surface area contributed by atoms with E-state index in [1.54, 1.807) is 25.1 Å². The van der Waals surface area contributed by atoms with Gasteiger partial charge in [-0.15, -0.1) is 10.2 Å². The Balaban J connectivity index is 1.92. The lowest BCUT2D eigenvalue weighted by Crippen LogP contribution is -2.29. The molecule has 0 saturated carbocycles. The summed E-state index contributed by atoms with van der Waals surface area (Å²) in [6, 6.07) is 7.23. The van der Waals surface area contributed by atoms with Gasteiger partial charge >= 0.3 is 5.69 Å². The number of aromatic nitrogens is 5. The van der Waals surface area contributed by atoms with E-state index >= 15 is 0 Å². The second kappa shape index (κ2) is 7.06. The first-order chi connectivity index (χ1) is 13.9. The summed E-state index contributed by atoms with van der Waals surface area (Å²) < 4.78 is 2.71. The molecule has 4 aromatic rings. The van der Waals surface area contributed by atoms with Crippen molar-refractivity contribution < 1.29 is 5.11 Å². The van der Waals surface area contributed by atoms with E-state index < -0.39 is 11.2 Å². The van der Waals surface area contributed by atoms with E-state index in [1.165, 1.54) is 16.2 Å². The molecule has 4 rings (SSSR count). The van der Waals surface area contributed by atoms with Crippen LogP contribution in [0.15, 0.2) is 55.2 Å². The Hall–Kier alpha value is -3.66. The molecule has 29 heavy (non-hydrogen) atoms. The highest BCUT2D eigenvalue weighted by molar-refractivity contribution is 6.29. The second-order valence-corrected chi connectivity index (χ2v) is 6.97. The largest absolute Gasteiger partial charge is 0.493 e. The lowest BCUT2D eigenvalue weighted by Gasteiger charge is -2.02. The number of nitrogens with one attached hydrogen (secondary N) is 2. The number of halogens is 1. The van der Waals surface area contributed by atoms with E-state index in [1.807, 2.05) is 12.1 Å². The highest BCUT2D eigenvalue weighted by Crippen LogP contribution is 2.36. The number of hydrogen-bond donors (Lipinski definition) is 3. The van der Waals surface area contributed by atoms with Crippen molar-refractivity contribution in [3.63, 3.8) is 0 Å². The summed E-state index contributed by atoms with van der Waals surface area (Å²) in [5.74, 6) is -0.0510. The number of allylic oxidation sites excluding steroid dienone is 2. The standard InChI is InChI=1S/C18H16ClN7O3/c1-9(19)7-8-26-13-14(25(2)18(29)22-16(13)28)21-17(26)24-23-12-10-5-3-4-6-11(10)20-15(12)27/h3-7,20,27H,8H2,1-2H3,(H,22,28,29)/b9-7-,24-23?. The van der Waals surface area contributed by atoms with Crippen LogP contribution in [0.5, 0.6) is 5.88 Å². The number of hydrogen-bond acceptors (Lipinski definition) is 6. The Kier molecular flexibility index (Phi) is 4.55. The number of fused-ring (bicyclic) bond motifs is 2. The van der Waals surface area contributed by atoms with Gasteiger partial charge in [0.15, 0.2) is 16.9 Å². The molecule has 0 aliphatic heterocycles. The van der Waals surface area contributed by atoms with Crippen LogP contribution in [0.4, 0.5) is 11.6 Å². The minimum Gasteiger partial charge on any atom is -0.493 e. The van der Waals surface area contributed by atoms with Gasteiger partial charge in [0.05, 0.1) is 5.52 Å². The van der Waals surface area contributed by atoms with Crippen molar-refractivity contribution in [2.24, 2.45) is 17.3 Å². The van der Waals surface area contributed by atoms with Gasteiger partial charge in [-0.3, -0.25) is 18.9 Å². The number of rotatable bonds is 4. The SMILES string of the molecule is C/C(Cl)=C/Cn1c(N=Nc2c(O)[nH]c3ccccc23)nc2c1c(=O)[nH]c(=O)n2C. The first kappa shape index (κ1) is 18.7. The Labute approximate surface area is 167 Å². The summed E-state index contributed by atoms with van der Waals surface area (Å²) in [6.07, 6.45) is 1.68. The predicted octanol–water partition coefficient (Wildman–Crippen LogP) is 3.17. The number of benzene rings is 1. The molecule has 0 radical (unpaired) electrons. The van der Waals surface area contributed by atoms with E-state index in [9.17, 15) is 14.7 Å². The Morgan fingerprint density at radius 1 is 1.28 bits per heavy atom. The third-order valence-corrected chi connectivity index (χ3v) is 4.60. The van der Waals surface area contributed by atoms with Crippen LogP contribution in [0, 0.1) is 0 Å². The molecule has 3 N–H and O–H groups in total. The smallest absolute Gasteiger partial charge is 0.329 e. The lowest BCUT2D eigenvalue weighted by atomic mass is 10.2. The molecule has 3 heterocycles. The second-order valence-electron chi connectivity index (χ2n) is 6.37. The fourth-order valence-corrected chi connectivity index (χ4v) is 3.07. The molecule has 0 amide bonds. The lowest BCUT2D eigenvalue weighted by molar-refractivity contribution is 0.459. The fraction of sp³-hybridized carbons (Fsp3) is 0.167. The third kappa shape index (κ3) is 3.23.